The van der Waals surface area contributed by atoms with Crippen LogP contribution in [0.4, 0.5) is 13.2 Å². The van der Waals surface area contributed by atoms with Crippen molar-refractivity contribution in [2.24, 2.45) is 7.05 Å². The molecule has 3 aliphatic rings. The molecule has 1 saturated heterocycles. The van der Waals surface area contributed by atoms with Gasteiger partial charge in [-0.1, -0.05) is 0 Å². The summed E-state index contributed by atoms with van der Waals surface area (Å²) >= 11 is 0. The third-order valence-electron chi connectivity index (χ3n) is 7.24. The number of carbonyl (C=O) groups is 1. The highest BCUT2D eigenvalue weighted by Gasteiger charge is 2.44. The summed E-state index contributed by atoms with van der Waals surface area (Å²) in [5, 5.41) is 9.24. The largest absolute Gasteiger partial charge is 0.327 e. The van der Waals surface area contributed by atoms with Crippen LogP contribution in [0.25, 0.3) is 11.3 Å². The third kappa shape index (κ3) is 3.12. The van der Waals surface area contributed by atoms with E-state index in [1.165, 1.54) is 0 Å². The highest BCUT2D eigenvalue weighted by atomic mass is 19.2. The number of aromatic nitrogens is 4. The van der Waals surface area contributed by atoms with Crippen molar-refractivity contribution < 1.29 is 18.0 Å². The molecule has 6 nitrogen and oxygen atoms in total. The van der Waals surface area contributed by atoms with Crippen LogP contribution >= 0.6 is 0 Å². The smallest absolute Gasteiger partial charge is 0.258 e. The van der Waals surface area contributed by atoms with Crippen LogP contribution in [0, 0.1) is 24.4 Å². The molecule has 1 aromatic carbocycles. The molecule has 2 fully saturated rings. The number of aryl methyl sites for hydroxylation is 2. The summed E-state index contributed by atoms with van der Waals surface area (Å²) < 4.78 is 45.0. The molecule has 6 rings (SSSR count). The van der Waals surface area contributed by atoms with Crippen molar-refractivity contribution in [3.63, 3.8) is 0 Å². The molecule has 2 bridgehead atoms. The van der Waals surface area contributed by atoms with Gasteiger partial charge in [0.05, 0.1) is 34.7 Å². The molecule has 3 aromatic rings. The molecule has 0 radical (unpaired) electrons. The molecule has 0 N–H and O–H groups in total. The van der Waals surface area contributed by atoms with Gasteiger partial charge in [-0.2, -0.15) is 10.2 Å². The van der Waals surface area contributed by atoms with Crippen molar-refractivity contribution in [3.05, 3.63) is 58.3 Å². The first-order valence-electron chi connectivity index (χ1n) is 11.4. The summed E-state index contributed by atoms with van der Waals surface area (Å²) in [6.07, 6.45) is 7.19. The minimum absolute atomic E-state index is 0.0363. The summed E-state index contributed by atoms with van der Waals surface area (Å²) in [5.41, 5.74) is 3.82. The van der Waals surface area contributed by atoms with E-state index < -0.39 is 17.5 Å². The van der Waals surface area contributed by atoms with Crippen molar-refractivity contribution in [1.82, 2.24) is 24.5 Å². The number of nitrogens with zero attached hydrogens (tertiary/aromatic N) is 5. The SMILES string of the molecule is Cc1nn(C2CC2)cc1C(=O)N1C2CCCC1c1nn(C)c(-c3cc(F)c(F)c(F)c3)c1C2. The van der Waals surface area contributed by atoms with Gasteiger partial charge in [-0.05, 0) is 57.6 Å². The van der Waals surface area contributed by atoms with Crippen molar-refractivity contribution >= 4 is 5.91 Å². The number of amides is 1. The number of piperidine rings is 1. The first kappa shape index (κ1) is 20.5. The van der Waals surface area contributed by atoms with Gasteiger partial charge in [-0.3, -0.25) is 14.2 Å². The Kier molecular flexibility index (Phi) is 4.47. The average molecular weight is 455 g/mol. The Morgan fingerprint density at radius 3 is 2.45 bits per heavy atom. The molecule has 0 spiro atoms. The van der Waals surface area contributed by atoms with Crippen LogP contribution in [-0.2, 0) is 13.5 Å². The molecular weight excluding hydrogens is 431 g/mol. The van der Waals surface area contributed by atoms with Crippen molar-refractivity contribution in [2.75, 3.05) is 0 Å². The standard InChI is InChI=1S/C24H24F3N5O/c1-12-17(11-31(28-12)14-6-7-14)24(33)32-15-4-3-5-20(32)22-16(10-15)23(30(2)29-22)13-8-18(25)21(27)19(26)9-13/h8-9,11,14-15,20H,3-7,10H2,1-2H3. The van der Waals surface area contributed by atoms with Crippen LogP contribution < -0.4 is 0 Å². The molecule has 2 aliphatic heterocycles. The fraction of sp³-hybridized carbons (Fsp3) is 0.458. The second-order valence-electron chi connectivity index (χ2n) is 9.45. The van der Waals surface area contributed by atoms with Gasteiger partial charge in [0.15, 0.2) is 17.5 Å². The molecule has 1 saturated carbocycles. The predicted octanol–water partition coefficient (Wildman–Crippen LogP) is 4.64. The molecule has 33 heavy (non-hydrogen) atoms. The van der Waals surface area contributed by atoms with Gasteiger partial charge >= 0.3 is 0 Å². The fourth-order valence-corrected chi connectivity index (χ4v) is 5.56. The maximum Gasteiger partial charge on any atom is 0.258 e. The zero-order chi connectivity index (χ0) is 23.0. The summed E-state index contributed by atoms with van der Waals surface area (Å²) in [7, 11) is 1.72. The number of rotatable bonds is 3. The summed E-state index contributed by atoms with van der Waals surface area (Å²) in [4.78, 5) is 15.6. The molecule has 2 unspecified atom stereocenters. The lowest BCUT2D eigenvalue weighted by molar-refractivity contribution is 0.0391. The molecule has 2 atom stereocenters. The van der Waals surface area contributed by atoms with E-state index in [4.69, 9.17) is 0 Å². The van der Waals surface area contributed by atoms with E-state index >= 15 is 0 Å². The minimum atomic E-state index is -1.48. The lowest BCUT2D eigenvalue weighted by Gasteiger charge is -2.45. The normalized spacial score (nSPS) is 21.9. The van der Waals surface area contributed by atoms with Gasteiger partial charge in [0.1, 0.15) is 0 Å². The van der Waals surface area contributed by atoms with Crippen LogP contribution in [-0.4, -0.2) is 36.4 Å². The Bertz CT molecular complexity index is 1270. The predicted molar refractivity (Wildman–Crippen MR) is 114 cm³/mol. The van der Waals surface area contributed by atoms with E-state index in [0.717, 1.165) is 61.2 Å². The highest BCUT2D eigenvalue weighted by molar-refractivity contribution is 5.96. The third-order valence-corrected chi connectivity index (χ3v) is 7.24. The summed E-state index contributed by atoms with van der Waals surface area (Å²) in [5.74, 6) is -3.97. The van der Waals surface area contributed by atoms with E-state index in [2.05, 4.69) is 10.2 Å². The maximum absolute atomic E-state index is 14.0. The summed E-state index contributed by atoms with van der Waals surface area (Å²) in [6.45, 7) is 1.87. The number of fused-ring (bicyclic) bond motifs is 4. The van der Waals surface area contributed by atoms with Gasteiger partial charge in [-0.15, -0.1) is 0 Å². The van der Waals surface area contributed by atoms with E-state index in [9.17, 15) is 18.0 Å². The van der Waals surface area contributed by atoms with Gasteiger partial charge < -0.3 is 4.90 Å². The van der Waals surface area contributed by atoms with E-state index in [1.54, 1.807) is 11.7 Å². The number of carbonyl (C=O) groups excluding carboxylic acids is 1. The van der Waals surface area contributed by atoms with Gasteiger partial charge in [0, 0.05) is 30.4 Å². The number of hydrogen-bond donors (Lipinski definition) is 0. The lowest BCUT2D eigenvalue weighted by Crippen LogP contribution is -2.50. The molecule has 1 aliphatic carbocycles. The quantitative estimate of drug-likeness (QED) is 0.541. The number of benzene rings is 1. The second kappa shape index (κ2) is 7.20. The summed E-state index contributed by atoms with van der Waals surface area (Å²) in [6, 6.07) is 2.17. The Labute approximate surface area is 189 Å². The highest BCUT2D eigenvalue weighted by Crippen LogP contribution is 2.45. The second-order valence-corrected chi connectivity index (χ2v) is 9.45. The van der Waals surface area contributed by atoms with Crippen molar-refractivity contribution in [1.29, 1.82) is 0 Å². The first-order valence-corrected chi connectivity index (χ1v) is 11.4. The van der Waals surface area contributed by atoms with Crippen LogP contribution in [0.5, 0.6) is 0 Å². The average Bonchev–Trinajstić information content (AvgIpc) is 3.48. The number of hydrogen-bond acceptors (Lipinski definition) is 3. The molecule has 1 amide bonds. The van der Waals surface area contributed by atoms with Crippen LogP contribution in [0.3, 0.4) is 0 Å². The molecule has 9 heteroatoms. The van der Waals surface area contributed by atoms with Gasteiger partial charge in [-0.25, -0.2) is 13.2 Å². The van der Waals surface area contributed by atoms with Gasteiger partial charge in [0.2, 0.25) is 0 Å². The molecular formula is C24H24F3N5O. The molecule has 172 valence electrons. The van der Waals surface area contributed by atoms with Crippen LogP contribution in [0.1, 0.15) is 71.5 Å². The zero-order valence-corrected chi connectivity index (χ0v) is 18.5. The van der Waals surface area contributed by atoms with Crippen molar-refractivity contribution in [3.8, 4) is 11.3 Å². The fourth-order valence-electron chi connectivity index (χ4n) is 5.56. The number of halogens is 3. The molecule has 2 aromatic heterocycles. The Hall–Kier alpha value is -3.10. The minimum Gasteiger partial charge on any atom is -0.327 e. The van der Waals surface area contributed by atoms with E-state index in [-0.39, 0.29) is 23.6 Å². The lowest BCUT2D eigenvalue weighted by atomic mass is 9.81. The van der Waals surface area contributed by atoms with Gasteiger partial charge in [0.25, 0.3) is 5.91 Å². The van der Waals surface area contributed by atoms with Crippen LogP contribution in [0.2, 0.25) is 0 Å². The molecule has 4 heterocycles. The monoisotopic (exact) mass is 455 g/mol. The zero-order valence-electron chi connectivity index (χ0n) is 18.5. The first-order chi connectivity index (χ1) is 15.8. The Morgan fingerprint density at radius 2 is 1.76 bits per heavy atom. The maximum atomic E-state index is 14.0. The van der Waals surface area contributed by atoms with Crippen LogP contribution in [0.15, 0.2) is 18.3 Å². The van der Waals surface area contributed by atoms with E-state index in [0.29, 0.717) is 23.7 Å². The Morgan fingerprint density at radius 1 is 1.03 bits per heavy atom. The van der Waals surface area contributed by atoms with E-state index in [1.807, 2.05) is 22.7 Å². The topological polar surface area (TPSA) is 56.0 Å². The Balaban J connectivity index is 1.41. The van der Waals surface area contributed by atoms with Crippen molar-refractivity contribution in [2.45, 2.75) is 63.6 Å².